The van der Waals surface area contributed by atoms with Crippen molar-refractivity contribution in [1.29, 1.82) is 0 Å². The molecule has 2 rings (SSSR count). The van der Waals surface area contributed by atoms with Crippen LogP contribution in [0.3, 0.4) is 0 Å². The first-order valence-electron chi connectivity index (χ1n) is 6.71. The fourth-order valence-corrected chi connectivity index (χ4v) is 2.06. The molecule has 0 radical (unpaired) electrons. The number of carbonyl (C=O) groups excluding carboxylic acids is 1. The van der Waals surface area contributed by atoms with Crippen molar-refractivity contribution < 1.29 is 24.6 Å². The van der Waals surface area contributed by atoms with E-state index in [9.17, 15) is 14.4 Å². The molecule has 0 saturated heterocycles. The van der Waals surface area contributed by atoms with Gasteiger partial charge in [0.2, 0.25) is 11.6 Å². The number of para-hydroxylation sites is 1. The summed E-state index contributed by atoms with van der Waals surface area (Å²) in [5.74, 6) is -3.57. The monoisotopic (exact) mass is 318 g/mol. The first-order valence-corrected chi connectivity index (χ1v) is 6.71. The van der Waals surface area contributed by atoms with Crippen LogP contribution in [0.2, 0.25) is 0 Å². The lowest BCUT2D eigenvalue weighted by atomic mass is 10.1. The largest absolute Gasteiger partial charge is 0.476 e. The van der Waals surface area contributed by atoms with Crippen molar-refractivity contribution >= 4 is 23.5 Å². The number of carboxylic acids is 2. The summed E-state index contributed by atoms with van der Waals surface area (Å²) in [6.07, 6.45) is 0.712. The second-order valence-electron chi connectivity index (χ2n) is 4.61. The van der Waals surface area contributed by atoms with Gasteiger partial charge in [0.1, 0.15) is 6.54 Å². The summed E-state index contributed by atoms with van der Waals surface area (Å²) >= 11 is 0. The number of anilines is 1. The Balaban J connectivity index is 2.21. The molecular formula is C14H14N4O5. The Labute approximate surface area is 130 Å². The summed E-state index contributed by atoms with van der Waals surface area (Å²) < 4.78 is 0.746. The molecule has 0 aliphatic rings. The van der Waals surface area contributed by atoms with Gasteiger partial charge in [-0.25, -0.2) is 14.3 Å². The van der Waals surface area contributed by atoms with Crippen molar-refractivity contribution in [2.24, 2.45) is 0 Å². The molecule has 1 aromatic carbocycles. The predicted molar refractivity (Wildman–Crippen MR) is 78.4 cm³/mol. The van der Waals surface area contributed by atoms with Gasteiger partial charge in [-0.3, -0.25) is 4.79 Å². The van der Waals surface area contributed by atoms with Gasteiger partial charge in [-0.1, -0.05) is 30.3 Å². The first-order chi connectivity index (χ1) is 10.9. The van der Waals surface area contributed by atoms with E-state index in [1.54, 1.807) is 12.1 Å². The molecule has 9 heteroatoms. The molecule has 1 aromatic heterocycles. The van der Waals surface area contributed by atoms with E-state index in [4.69, 9.17) is 10.2 Å². The minimum atomic E-state index is -1.52. The van der Waals surface area contributed by atoms with Gasteiger partial charge >= 0.3 is 11.9 Å². The third-order valence-corrected chi connectivity index (χ3v) is 3.11. The standard InChI is InChI=1S/C14H14N4O5/c1-2-8-5-3-4-6-9(8)15-10(19)7-18-12(14(22)23)11(13(20)21)16-17-18/h3-6H,2,7H2,1H3,(H,15,19)(H,20,21)(H,22,23). The molecule has 0 aliphatic carbocycles. The van der Waals surface area contributed by atoms with E-state index in [2.05, 4.69) is 15.6 Å². The molecule has 0 atom stereocenters. The van der Waals surface area contributed by atoms with Gasteiger partial charge in [-0.05, 0) is 18.1 Å². The highest BCUT2D eigenvalue weighted by molar-refractivity contribution is 5.99. The normalized spacial score (nSPS) is 10.3. The van der Waals surface area contributed by atoms with Gasteiger partial charge in [0.15, 0.2) is 5.69 Å². The second-order valence-corrected chi connectivity index (χ2v) is 4.61. The molecule has 120 valence electrons. The molecule has 0 spiro atoms. The molecule has 0 bridgehead atoms. The number of aromatic nitrogens is 3. The lowest BCUT2D eigenvalue weighted by Crippen LogP contribution is -2.23. The number of aromatic carboxylic acids is 2. The average Bonchev–Trinajstić information content (AvgIpc) is 2.91. The average molecular weight is 318 g/mol. The Bertz CT molecular complexity index is 768. The summed E-state index contributed by atoms with van der Waals surface area (Å²) in [5, 5.41) is 27.3. The Hall–Kier alpha value is -3.23. The highest BCUT2D eigenvalue weighted by Gasteiger charge is 2.25. The molecule has 0 saturated carbocycles. The van der Waals surface area contributed by atoms with Gasteiger partial charge in [-0.15, -0.1) is 5.10 Å². The van der Waals surface area contributed by atoms with Gasteiger partial charge in [0.05, 0.1) is 0 Å². The highest BCUT2D eigenvalue weighted by Crippen LogP contribution is 2.15. The zero-order valence-electron chi connectivity index (χ0n) is 12.2. The van der Waals surface area contributed by atoms with Gasteiger partial charge in [0.25, 0.3) is 0 Å². The minimum absolute atomic E-state index is 0.458. The van der Waals surface area contributed by atoms with Crippen molar-refractivity contribution in [1.82, 2.24) is 15.0 Å². The van der Waals surface area contributed by atoms with Gasteiger partial charge < -0.3 is 15.5 Å². The lowest BCUT2D eigenvalue weighted by Gasteiger charge is -2.10. The number of hydrogen-bond donors (Lipinski definition) is 3. The maximum Gasteiger partial charge on any atom is 0.359 e. The number of hydrogen-bond acceptors (Lipinski definition) is 5. The summed E-state index contributed by atoms with van der Waals surface area (Å²) in [7, 11) is 0. The van der Waals surface area contributed by atoms with E-state index in [1.165, 1.54) is 0 Å². The number of aryl methyl sites for hydroxylation is 1. The molecule has 1 heterocycles. The Kier molecular flexibility index (Phi) is 4.69. The molecule has 0 unspecified atom stereocenters. The maximum atomic E-state index is 12.1. The molecule has 23 heavy (non-hydrogen) atoms. The topological polar surface area (TPSA) is 134 Å². The lowest BCUT2D eigenvalue weighted by molar-refractivity contribution is -0.117. The van der Waals surface area contributed by atoms with Crippen molar-refractivity contribution in [2.75, 3.05) is 5.32 Å². The van der Waals surface area contributed by atoms with Crippen LogP contribution in [0.4, 0.5) is 5.69 Å². The third-order valence-electron chi connectivity index (χ3n) is 3.11. The minimum Gasteiger partial charge on any atom is -0.476 e. The van der Waals surface area contributed by atoms with Crippen LogP contribution in [-0.4, -0.2) is 43.1 Å². The number of benzene rings is 1. The SMILES string of the molecule is CCc1ccccc1NC(=O)Cn1nnc(C(=O)O)c1C(=O)O. The van der Waals surface area contributed by atoms with Crippen LogP contribution in [-0.2, 0) is 17.8 Å². The van der Waals surface area contributed by atoms with Crippen molar-refractivity contribution in [3.63, 3.8) is 0 Å². The van der Waals surface area contributed by atoms with E-state index in [1.807, 2.05) is 19.1 Å². The number of nitrogens with one attached hydrogen (secondary N) is 1. The van der Waals surface area contributed by atoms with Crippen LogP contribution in [0.15, 0.2) is 24.3 Å². The Morgan fingerprint density at radius 2 is 1.87 bits per heavy atom. The van der Waals surface area contributed by atoms with Crippen LogP contribution < -0.4 is 5.32 Å². The number of rotatable bonds is 6. The summed E-state index contributed by atoms with van der Waals surface area (Å²) in [4.78, 5) is 34.1. The van der Waals surface area contributed by atoms with Gasteiger partial charge in [-0.2, -0.15) is 0 Å². The van der Waals surface area contributed by atoms with Gasteiger partial charge in [0, 0.05) is 5.69 Å². The fraction of sp³-hybridized carbons (Fsp3) is 0.214. The summed E-state index contributed by atoms with van der Waals surface area (Å²) in [5.41, 5.74) is 0.176. The van der Waals surface area contributed by atoms with Crippen LogP contribution >= 0.6 is 0 Å². The van der Waals surface area contributed by atoms with E-state index in [-0.39, 0.29) is 0 Å². The number of nitrogens with zero attached hydrogens (tertiary/aromatic N) is 3. The molecule has 0 fully saturated rings. The second kappa shape index (κ2) is 6.69. The quantitative estimate of drug-likeness (QED) is 0.719. The number of amides is 1. The smallest absolute Gasteiger partial charge is 0.359 e. The van der Waals surface area contributed by atoms with E-state index in [0.717, 1.165) is 10.2 Å². The fourth-order valence-electron chi connectivity index (χ4n) is 2.06. The zero-order chi connectivity index (χ0) is 17.0. The Morgan fingerprint density at radius 3 is 2.48 bits per heavy atom. The molecular weight excluding hydrogens is 304 g/mol. The van der Waals surface area contributed by atoms with Crippen LogP contribution in [0.1, 0.15) is 33.5 Å². The zero-order valence-corrected chi connectivity index (χ0v) is 12.2. The van der Waals surface area contributed by atoms with Crippen molar-refractivity contribution in [3.8, 4) is 0 Å². The molecule has 9 nitrogen and oxygen atoms in total. The summed E-state index contributed by atoms with van der Waals surface area (Å²) in [6, 6.07) is 7.18. The molecule has 0 aliphatic heterocycles. The maximum absolute atomic E-state index is 12.1. The van der Waals surface area contributed by atoms with Crippen LogP contribution in [0, 0.1) is 0 Å². The third kappa shape index (κ3) is 3.51. The van der Waals surface area contributed by atoms with Crippen LogP contribution in [0.25, 0.3) is 0 Å². The number of carboxylic acid groups (broad SMARTS) is 2. The van der Waals surface area contributed by atoms with E-state index < -0.39 is 35.8 Å². The van der Waals surface area contributed by atoms with E-state index in [0.29, 0.717) is 12.1 Å². The molecule has 2 aromatic rings. The predicted octanol–water partition coefficient (Wildman–Crippen LogP) is 0.876. The Morgan fingerprint density at radius 1 is 1.17 bits per heavy atom. The molecule has 1 amide bonds. The number of carbonyl (C=O) groups is 3. The van der Waals surface area contributed by atoms with Crippen LogP contribution in [0.5, 0.6) is 0 Å². The van der Waals surface area contributed by atoms with Crippen molar-refractivity contribution in [3.05, 3.63) is 41.2 Å². The van der Waals surface area contributed by atoms with Crippen molar-refractivity contribution in [2.45, 2.75) is 19.9 Å². The molecule has 3 N–H and O–H groups in total. The first kappa shape index (κ1) is 16.1. The van der Waals surface area contributed by atoms with E-state index >= 15 is 0 Å². The summed E-state index contributed by atoms with van der Waals surface area (Å²) in [6.45, 7) is 1.48. The highest BCUT2D eigenvalue weighted by atomic mass is 16.4.